The van der Waals surface area contributed by atoms with Gasteiger partial charge in [-0.3, -0.25) is 0 Å². The highest BCUT2D eigenvalue weighted by Gasteiger charge is 2.08. The normalized spacial score (nSPS) is 14.1. The Morgan fingerprint density at radius 3 is 2.62 bits per heavy atom. The molecule has 1 aromatic rings. The van der Waals surface area contributed by atoms with Gasteiger partial charge in [0.25, 0.3) is 0 Å². The minimum absolute atomic E-state index is 0.451. The van der Waals surface area contributed by atoms with Crippen molar-refractivity contribution in [2.45, 2.75) is 70.7 Å². The largest absolute Gasteiger partial charge is 0.310 e. The molecule has 0 fully saturated rings. The molecule has 0 heterocycles. The van der Waals surface area contributed by atoms with Gasteiger partial charge in [-0.1, -0.05) is 52.2 Å². The van der Waals surface area contributed by atoms with Crippen LogP contribution in [0.4, 0.5) is 0 Å². The molecule has 1 rings (SSSR count). The summed E-state index contributed by atoms with van der Waals surface area (Å²) in [5.41, 5.74) is 1.41. The van der Waals surface area contributed by atoms with Crippen LogP contribution in [-0.4, -0.2) is 12.3 Å². The predicted molar refractivity (Wildman–Crippen MR) is 97.2 cm³/mol. The molecule has 0 aliphatic carbocycles. The summed E-state index contributed by atoms with van der Waals surface area (Å²) in [6, 6.07) is 9.52. The molecule has 1 nitrogen and oxygen atoms in total. The van der Waals surface area contributed by atoms with Crippen LogP contribution < -0.4 is 5.32 Å². The lowest BCUT2D eigenvalue weighted by molar-refractivity contribution is 0.499. The van der Waals surface area contributed by atoms with Crippen molar-refractivity contribution in [3.8, 4) is 0 Å². The predicted octanol–water partition coefficient (Wildman–Crippen LogP) is 6.06. The van der Waals surface area contributed by atoms with E-state index < -0.39 is 0 Å². The van der Waals surface area contributed by atoms with E-state index in [1.165, 1.54) is 48.3 Å². The number of unbranched alkanes of at least 4 members (excludes halogenated alkanes) is 1. The number of thioether (sulfide) groups is 1. The Morgan fingerprint density at radius 2 is 1.95 bits per heavy atom. The van der Waals surface area contributed by atoms with Crippen molar-refractivity contribution in [3.63, 3.8) is 0 Å². The fourth-order valence-corrected chi connectivity index (χ4v) is 3.69. The Morgan fingerprint density at radius 1 is 1.14 bits per heavy atom. The number of benzene rings is 1. The highest BCUT2D eigenvalue weighted by atomic mass is 32.2. The summed E-state index contributed by atoms with van der Waals surface area (Å²) in [6.45, 7) is 10.2. The molecule has 120 valence electrons. The monoisotopic (exact) mass is 307 g/mol. The van der Waals surface area contributed by atoms with E-state index in [2.05, 4.69) is 57.3 Å². The maximum Gasteiger partial charge on any atom is 0.0292 e. The minimum atomic E-state index is 0.451. The zero-order chi connectivity index (χ0) is 15.5. The molecular weight excluding hydrogens is 274 g/mol. The van der Waals surface area contributed by atoms with Crippen LogP contribution in [0, 0.1) is 5.92 Å². The van der Waals surface area contributed by atoms with E-state index >= 15 is 0 Å². The van der Waals surface area contributed by atoms with Crippen molar-refractivity contribution in [3.05, 3.63) is 29.8 Å². The average Bonchev–Trinajstić information content (AvgIpc) is 2.53. The Balaban J connectivity index is 2.51. The summed E-state index contributed by atoms with van der Waals surface area (Å²) < 4.78 is 0. The molecule has 0 bridgehead atoms. The van der Waals surface area contributed by atoms with Crippen molar-refractivity contribution in [2.24, 2.45) is 5.92 Å². The fourth-order valence-electron chi connectivity index (χ4n) is 2.46. The third-order valence-electron chi connectivity index (χ3n) is 4.09. The van der Waals surface area contributed by atoms with Crippen molar-refractivity contribution in [1.82, 2.24) is 5.32 Å². The summed E-state index contributed by atoms with van der Waals surface area (Å²) >= 11 is 2.03. The quantitative estimate of drug-likeness (QED) is 0.499. The topological polar surface area (TPSA) is 12.0 Å². The average molecular weight is 308 g/mol. The molecule has 2 unspecified atom stereocenters. The summed E-state index contributed by atoms with van der Waals surface area (Å²) in [4.78, 5) is 1.42. The summed E-state index contributed by atoms with van der Waals surface area (Å²) in [5, 5.41) is 3.57. The molecule has 0 aliphatic heterocycles. The highest BCUT2D eigenvalue weighted by molar-refractivity contribution is 7.99. The van der Waals surface area contributed by atoms with Gasteiger partial charge in [0.2, 0.25) is 0 Å². The van der Waals surface area contributed by atoms with Gasteiger partial charge in [0.05, 0.1) is 0 Å². The molecule has 1 N–H and O–H groups in total. The molecule has 2 atom stereocenters. The number of hydrogen-bond acceptors (Lipinski definition) is 2. The van der Waals surface area contributed by atoms with Crippen molar-refractivity contribution >= 4 is 11.8 Å². The SMILES string of the molecule is CCCCC(CC)CSc1cccc(C(C)NCCC)c1. The van der Waals surface area contributed by atoms with Gasteiger partial charge < -0.3 is 5.32 Å². The van der Waals surface area contributed by atoms with E-state index in [4.69, 9.17) is 0 Å². The lowest BCUT2D eigenvalue weighted by atomic mass is 10.0. The molecule has 0 amide bonds. The first-order valence-electron chi connectivity index (χ1n) is 8.67. The zero-order valence-corrected chi connectivity index (χ0v) is 15.1. The lowest BCUT2D eigenvalue weighted by Crippen LogP contribution is -2.19. The molecule has 1 aromatic carbocycles. The molecule has 21 heavy (non-hydrogen) atoms. The molecule has 0 saturated carbocycles. The van der Waals surface area contributed by atoms with Crippen LogP contribution in [0.25, 0.3) is 0 Å². The minimum Gasteiger partial charge on any atom is -0.310 e. The first-order valence-corrected chi connectivity index (χ1v) is 9.65. The van der Waals surface area contributed by atoms with E-state index in [1.807, 2.05) is 11.8 Å². The Kier molecular flexibility index (Phi) is 9.86. The van der Waals surface area contributed by atoms with Gasteiger partial charge in [0.15, 0.2) is 0 Å². The smallest absolute Gasteiger partial charge is 0.0292 e. The first kappa shape index (κ1) is 18.6. The number of hydrogen-bond donors (Lipinski definition) is 1. The molecule has 2 heteroatoms. The Bertz CT molecular complexity index is 378. The maximum absolute atomic E-state index is 3.57. The van der Waals surface area contributed by atoms with E-state index in [0.717, 1.165) is 12.5 Å². The second-order valence-electron chi connectivity index (χ2n) is 5.98. The van der Waals surface area contributed by atoms with Gasteiger partial charge in [-0.05, 0) is 49.9 Å². The van der Waals surface area contributed by atoms with Gasteiger partial charge in [-0.2, -0.15) is 0 Å². The molecule has 0 aromatic heterocycles. The molecule has 0 spiro atoms. The Labute approximate surface area is 136 Å². The fraction of sp³-hybridized carbons (Fsp3) is 0.684. The van der Waals surface area contributed by atoms with Crippen molar-refractivity contribution in [1.29, 1.82) is 0 Å². The maximum atomic E-state index is 3.57. The van der Waals surface area contributed by atoms with Gasteiger partial charge >= 0.3 is 0 Å². The van der Waals surface area contributed by atoms with Crippen molar-refractivity contribution < 1.29 is 0 Å². The van der Waals surface area contributed by atoms with Crippen LogP contribution in [0.3, 0.4) is 0 Å². The molecule has 0 aliphatic rings. The third-order valence-corrected chi connectivity index (χ3v) is 5.31. The van der Waals surface area contributed by atoms with Gasteiger partial charge in [-0.15, -0.1) is 11.8 Å². The standard InChI is InChI=1S/C19H33NS/c1-5-8-10-17(7-3)15-21-19-12-9-11-18(14-19)16(4)20-13-6-2/h9,11-12,14,16-17,20H,5-8,10,13,15H2,1-4H3. The number of rotatable bonds is 11. The van der Waals surface area contributed by atoms with Crippen LogP contribution in [0.1, 0.15) is 71.4 Å². The van der Waals surface area contributed by atoms with Crippen LogP contribution in [0.15, 0.2) is 29.2 Å². The van der Waals surface area contributed by atoms with Crippen LogP contribution in [-0.2, 0) is 0 Å². The first-order chi connectivity index (χ1) is 10.2. The summed E-state index contributed by atoms with van der Waals surface area (Å²) in [5.74, 6) is 2.13. The Hall–Kier alpha value is -0.470. The summed E-state index contributed by atoms with van der Waals surface area (Å²) in [7, 11) is 0. The highest BCUT2D eigenvalue weighted by Crippen LogP contribution is 2.27. The third kappa shape index (κ3) is 7.37. The summed E-state index contributed by atoms with van der Waals surface area (Å²) in [6.07, 6.45) is 6.57. The molecule has 0 radical (unpaired) electrons. The second-order valence-corrected chi connectivity index (χ2v) is 7.07. The second kappa shape index (κ2) is 11.1. The van der Waals surface area contributed by atoms with Crippen LogP contribution in [0.5, 0.6) is 0 Å². The van der Waals surface area contributed by atoms with Gasteiger partial charge in [0, 0.05) is 16.7 Å². The van der Waals surface area contributed by atoms with Crippen LogP contribution >= 0.6 is 11.8 Å². The van der Waals surface area contributed by atoms with Crippen molar-refractivity contribution in [2.75, 3.05) is 12.3 Å². The van der Waals surface area contributed by atoms with Gasteiger partial charge in [0.1, 0.15) is 0 Å². The lowest BCUT2D eigenvalue weighted by Gasteiger charge is -2.16. The number of nitrogens with one attached hydrogen (secondary N) is 1. The van der Waals surface area contributed by atoms with Gasteiger partial charge in [-0.25, -0.2) is 0 Å². The van der Waals surface area contributed by atoms with E-state index in [-0.39, 0.29) is 0 Å². The van der Waals surface area contributed by atoms with E-state index in [0.29, 0.717) is 6.04 Å². The van der Waals surface area contributed by atoms with E-state index in [9.17, 15) is 0 Å². The molecular formula is C19H33NS. The molecule has 0 saturated heterocycles. The van der Waals surface area contributed by atoms with Crippen LogP contribution in [0.2, 0.25) is 0 Å². The van der Waals surface area contributed by atoms with E-state index in [1.54, 1.807) is 0 Å². The zero-order valence-electron chi connectivity index (χ0n) is 14.3.